The van der Waals surface area contributed by atoms with Crippen molar-refractivity contribution in [3.8, 4) is 5.75 Å². The van der Waals surface area contributed by atoms with Crippen LogP contribution in [0.15, 0.2) is 24.3 Å². The third-order valence-corrected chi connectivity index (χ3v) is 3.91. The van der Waals surface area contributed by atoms with Crippen molar-refractivity contribution >= 4 is 0 Å². The lowest BCUT2D eigenvalue weighted by Crippen LogP contribution is -2.36. The fourth-order valence-corrected chi connectivity index (χ4v) is 2.99. The van der Waals surface area contributed by atoms with Crippen LogP contribution in [-0.4, -0.2) is 32.1 Å². The van der Waals surface area contributed by atoms with Crippen LogP contribution in [0.4, 0.5) is 0 Å². The molecule has 0 aromatic heterocycles. The minimum absolute atomic E-state index is 0.661. The van der Waals surface area contributed by atoms with Gasteiger partial charge in [0, 0.05) is 6.04 Å². The van der Waals surface area contributed by atoms with E-state index in [-0.39, 0.29) is 0 Å². The Morgan fingerprint density at radius 2 is 1.94 bits per heavy atom. The van der Waals surface area contributed by atoms with E-state index in [0.29, 0.717) is 12.0 Å². The molecular formula is C15H23NO. The molecule has 0 spiro atoms. The van der Waals surface area contributed by atoms with Crippen LogP contribution in [0, 0.1) is 0 Å². The Bertz CT molecular complexity index is 362. The van der Waals surface area contributed by atoms with E-state index in [4.69, 9.17) is 4.74 Å². The van der Waals surface area contributed by atoms with E-state index in [1.54, 1.807) is 7.11 Å². The van der Waals surface area contributed by atoms with Crippen LogP contribution in [0.25, 0.3) is 0 Å². The second-order valence-electron chi connectivity index (χ2n) is 5.20. The number of likely N-dealkylation sites (N-methyl/N-ethyl adjacent to an activating group) is 1. The maximum Gasteiger partial charge on any atom is 0.119 e. The molecule has 2 rings (SSSR count). The molecule has 0 unspecified atom stereocenters. The van der Waals surface area contributed by atoms with Crippen molar-refractivity contribution in [2.45, 2.75) is 37.6 Å². The number of nitrogens with zero attached hydrogens (tertiary/aromatic N) is 1. The Hall–Kier alpha value is -1.02. The molecule has 1 saturated carbocycles. The Balaban J connectivity index is 2.22. The molecule has 0 N–H and O–H groups in total. The van der Waals surface area contributed by atoms with E-state index >= 15 is 0 Å². The summed E-state index contributed by atoms with van der Waals surface area (Å²) in [5, 5.41) is 0. The molecule has 1 fully saturated rings. The molecule has 2 heteroatoms. The lowest BCUT2D eigenvalue weighted by atomic mass is 9.79. The highest BCUT2D eigenvalue weighted by Crippen LogP contribution is 2.36. The summed E-state index contributed by atoms with van der Waals surface area (Å²) in [5.41, 5.74) is 1.43. The first-order valence-corrected chi connectivity index (χ1v) is 6.52. The summed E-state index contributed by atoms with van der Waals surface area (Å²) in [7, 11) is 6.13. The van der Waals surface area contributed by atoms with Gasteiger partial charge in [0.25, 0.3) is 0 Å². The summed E-state index contributed by atoms with van der Waals surface area (Å²) in [5.74, 6) is 1.64. The minimum Gasteiger partial charge on any atom is -0.497 e. The van der Waals surface area contributed by atoms with Gasteiger partial charge < -0.3 is 9.64 Å². The van der Waals surface area contributed by atoms with Gasteiger partial charge in [-0.05, 0) is 50.6 Å². The summed E-state index contributed by atoms with van der Waals surface area (Å²) in [6.45, 7) is 0. The number of rotatable bonds is 3. The van der Waals surface area contributed by atoms with E-state index in [1.165, 1.54) is 31.2 Å². The molecule has 0 amide bonds. The largest absolute Gasteiger partial charge is 0.497 e. The van der Waals surface area contributed by atoms with E-state index in [2.05, 4.69) is 37.2 Å². The van der Waals surface area contributed by atoms with Crippen LogP contribution >= 0.6 is 0 Å². The van der Waals surface area contributed by atoms with Gasteiger partial charge in [0.05, 0.1) is 7.11 Å². The highest BCUT2D eigenvalue weighted by Gasteiger charge is 2.27. The van der Waals surface area contributed by atoms with Gasteiger partial charge in [0.2, 0.25) is 0 Å². The van der Waals surface area contributed by atoms with Crippen molar-refractivity contribution in [1.82, 2.24) is 4.90 Å². The summed E-state index contributed by atoms with van der Waals surface area (Å²) in [4.78, 5) is 2.38. The van der Waals surface area contributed by atoms with Crippen LogP contribution in [0.1, 0.15) is 37.2 Å². The Morgan fingerprint density at radius 3 is 2.65 bits per heavy atom. The quantitative estimate of drug-likeness (QED) is 0.794. The van der Waals surface area contributed by atoms with Gasteiger partial charge in [-0.3, -0.25) is 0 Å². The third kappa shape index (κ3) is 2.81. The number of ether oxygens (including phenoxy) is 1. The second kappa shape index (κ2) is 5.54. The molecule has 0 saturated heterocycles. The van der Waals surface area contributed by atoms with E-state index in [9.17, 15) is 0 Å². The van der Waals surface area contributed by atoms with Gasteiger partial charge in [0.1, 0.15) is 5.75 Å². The van der Waals surface area contributed by atoms with Gasteiger partial charge >= 0.3 is 0 Å². The van der Waals surface area contributed by atoms with Crippen LogP contribution in [-0.2, 0) is 0 Å². The standard InChI is InChI=1S/C15H23NO/c1-16(2)15-10-5-4-9-14(15)12-7-6-8-13(11-12)17-3/h6-8,11,14-15H,4-5,9-10H2,1-3H3/t14-,15-/m1/s1. The molecule has 1 aliphatic carbocycles. The number of benzene rings is 1. The fraction of sp³-hybridized carbons (Fsp3) is 0.600. The molecule has 17 heavy (non-hydrogen) atoms. The topological polar surface area (TPSA) is 12.5 Å². The number of hydrogen-bond donors (Lipinski definition) is 0. The number of hydrogen-bond acceptors (Lipinski definition) is 2. The zero-order valence-corrected chi connectivity index (χ0v) is 11.1. The fourth-order valence-electron chi connectivity index (χ4n) is 2.99. The normalized spacial score (nSPS) is 24.9. The molecule has 1 aliphatic rings. The second-order valence-corrected chi connectivity index (χ2v) is 5.20. The van der Waals surface area contributed by atoms with Crippen molar-refractivity contribution in [2.24, 2.45) is 0 Å². The lowest BCUT2D eigenvalue weighted by Gasteiger charge is -2.36. The smallest absolute Gasteiger partial charge is 0.119 e. The van der Waals surface area contributed by atoms with Crippen molar-refractivity contribution in [1.29, 1.82) is 0 Å². The van der Waals surface area contributed by atoms with E-state index < -0.39 is 0 Å². The minimum atomic E-state index is 0.661. The molecule has 0 radical (unpaired) electrons. The monoisotopic (exact) mass is 233 g/mol. The average molecular weight is 233 g/mol. The molecule has 0 heterocycles. The predicted octanol–water partition coefficient (Wildman–Crippen LogP) is 3.28. The molecule has 1 aromatic carbocycles. The molecule has 0 bridgehead atoms. The summed E-state index contributed by atoms with van der Waals surface area (Å²) in [6.07, 6.45) is 5.33. The lowest BCUT2D eigenvalue weighted by molar-refractivity contribution is 0.199. The van der Waals surface area contributed by atoms with Crippen LogP contribution in [0.2, 0.25) is 0 Å². The van der Waals surface area contributed by atoms with Gasteiger partial charge in [-0.25, -0.2) is 0 Å². The van der Waals surface area contributed by atoms with Crippen molar-refractivity contribution in [3.63, 3.8) is 0 Å². The Kier molecular flexibility index (Phi) is 4.06. The summed E-state index contributed by atoms with van der Waals surface area (Å²) < 4.78 is 5.33. The molecule has 2 atom stereocenters. The van der Waals surface area contributed by atoms with Gasteiger partial charge in [-0.2, -0.15) is 0 Å². The molecule has 94 valence electrons. The van der Waals surface area contributed by atoms with Gasteiger partial charge in [0.15, 0.2) is 0 Å². The number of methoxy groups -OCH3 is 1. The van der Waals surface area contributed by atoms with Crippen LogP contribution < -0.4 is 4.74 Å². The van der Waals surface area contributed by atoms with Crippen LogP contribution in [0.3, 0.4) is 0 Å². The Morgan fingerprint density at radius 1 is 1.18 bits per heavy atom. The molecule has 0 aliphatic heterocycles. The summed E-state index contributed by atoms with van der Waals surface area (Å²) >= 11 is 0. The zero-order chi connectivity index (χ0) is 12.3. The SMILES string of the molecule is COc1cccc([C@H]2CCCC[C@H]2N(C)C)c1. The van der Waals surface area contributed by atoms with Crippen LogP contribution in [0.5, 0.6) is 5.75 Å². The summed E-state index contributed by atoms with van der Waals surface area (Å²) in [6, 6.07) is 9.25. The maximum atomic E-state index is 5.33. The highest BCUT2D eigenvalue weighted by atomic mass is 16.5. The van der Waals surface area contributed by atoms with Crippen molar-refractivity contribution < 1.29 is 4.74 Å². The maximum absolute atomic E-state index is 5.33. The zero-order valence-electron chi connectivity index (χ0n) is 11.1. The first-order chi connectivity index (χ1) is 8.22. The first-order valence-electron chi connectivity index (χ1n) is 6.52. The highest BCUT2D eigenvalue weighted by molar-refractivity contribution is 5.32. The van der Waals surface area contributed by atoms with Crippen molar-refractivity contribution in [3.05, 3.63) is 29.8 Å². The Labute approximate surface area is 105 Å². The molecule has 1 aromatic rings. The third-order valence-electron chi connectivity index (χ3n) is 3.91. The van der Waals surface area contributed by atoms with Crippen molar-refractivity contribution in [2.75, 3.05) is 21.2 Å². The van der Waals surface area contributed by atoms with Gasteiger partial charge in [-0.1, -0.05) is 25.0 Å². The predicted molar refractivity (Wildman–Crippen MR) is 71.7 cm³/mol. The average Bonchev–Trinajstić information content (AvgIpc) is 2.39. The first kappa shape index (κ1) is 12.4. The van der Waals surface area contributed by atoms with E-state index in [1.807, 2.05) is 6.07 Å². The van der Waals surface area contributed by atoms with E-state index in [0.717, 1.165) is 5.75 Å². The molecular weight excluding hydrogens is 210 g/mol. The van der Waals surface area contributed by atoms with Gasteiger partial charge in [-0.15, -0.1) is 0 Å². The molecule has 2 nitrogen and oxygen atoms in total.